The first-order valence-corrected chi connectivity index (χ1v) is 6.41. The van der Waals surface area contributed by atoms with Gasteiger partial charge in [-0.1, -0.05) is 35.0 Å². The largest absolute Gasteiger partial charge is 0.430 e. The summed E-state index contributed by atoms with van der Waals surface area (Å²) in [5.74, 6) is 0.714. The lowest BCUT2D eigenvalue weighted by Crippen LogP contribution is -1.94. The molecule has 2 rings (SSSR count). The van der Waals surface area contributed by atoms with Crippen LogP contribution in [0.2, 0.25) is 5.02 Å². The predicted octanol–water partition coefficient (Wildman–Crippen LogP) is 3.00. The summed E-state index contributed by atoms with van der Waals surface area (Å²) in [6.45, 7) is 2.42. The quantitative estimate of drug-likeness (QED) is 0.927. The number of nitrogens with zero attached hydrogens (tertiary/aromatic N) is 2. The molecule has 90 valence electrons. The zero-order valence-electron chi connectivity index (χ0n) is 9.31. The lowest BCUT2D eigenvalue weighted by Gasteiger charge is -2.05. The fraction of sp³-hybridized carbons (Fsp3) is 0.273. The van der Waals surface area contributed by atoms with Gasteiger partial charge in [-0.3, -0.25) is 0 Å². The fourth-order valence-electron chi connectivity index (χ4n) is 1.35. The highest BCUT2D eigenvalue weighted by molar-refractivity contribution is 7.13. The molecule has 0 radical (unpaired) electrons. The maximum Gasteiger partial charge on any atom is 0.299 e. The third kappa shape index (κ3) is 2.94. The van der Waals surface area contributed by atoms with Gasteiger partial charge in [-0.05, 0) is 30.2 Å². The van der Waals surface area contributed by atoms with Gasteiger partial charge in [0.05, 0.1) is 0 Å². The molecule has 0 aliphatic rings. The third-order valence-corrected chi connectivity index (χ3v) is 3.42. The van der Waals surface area contributed by atoms with Crippen LogP contribution in [0.1, 0.15) is 17.5 Å². The number of benzene rings is 1. The number of aryl methyl sites for hydroxylation is 1. The lowest BCUT2D eigenvalue weighted by molar-refractivity contribution is 0.472. The Labute approximate surface area is 108 Å². The second kappa shape index (κ2) is 5.44. The first-order valence-electron chi connectivity index (χ1n) is 5.21. The topological polar surface area (TPSA) is 61.0 Å². The normalized spacial score (nSPS) is 10.5. The van der Waals surface area contributed by atoms with Gasteiger partial charge in [-0.2, -0.15) is 0 Å². The van der Waals surface area contributed by atoms with E-state index >= 15 is 0 Å². The number of ether oxygens (including phenoxy) is 1. The van der Waals surface area contributed by atoms with Gasteiger partial charge in [0.2, 0.25) is 0 Å². The predicted molar refractivity (Wildman–Crippen MR) is 68.7 cm³/mol. The molecular formula is C11H12ClN3OS. The molecule has 0 atom stereocenters. The van der Waals surface area contributed by atoms with Crippen molar-refractivity contribution in [3.05, 3.63) is 33.8 Å². The maximum atomic E-state index is 6.03. The van der Waals surface area contributed by atoms with E-state index in [9.17, 15) is 0 Å². The van der Waals surface area contributed by atoms with Gasteiger partial charge in [-0.15, -0.1) is 5.10 Å². The van der Waals surface area contributed by atoms with E-state index < -0.39 is 0 Å². The number of hydrogen-bond acceptors (Lipinski definition) is 5. The Morgan fingerprint density at radius 1 is 1.41 bits per heavy atom. The van der Waals surface area contributed by atoms with Gasteiger partial charge < -0.3 is 10.5 Å². The first kappa shape index (κ1) is 12.3. The first-order chi connectivity index (χ1) is 8.22. The van der Waals surface area contributed by atoms with E-state index in [1.165, 1.54) is 11.3 Å². The summed E-state index contributed by atoms with van der Waals surface area (Å²) in [5, 5.41) is 9.78. The van der Waals surface area contributed by atoms with Crippen LogP contribution in [0.25, 0.3) is 0 Å². The van der Waals surface area contributed by atoms with E-state index in [1.807, 2.05) is 25.1 Å². The van der Waals surface area contributed by atoms with E-state index in [4.69, 9.17) is 22.1 Å². The van der Waals surface area contributed by atoms with Crippen LogP contribution in [0.5, 0.6) is 10.9 Å². The molecule has 2 aromatic rings. The van der Waals surface area contributed by atoms with E-state index in [1.54, 1.807) is 0 Å². The molecule has 0 fully saturated rings. The SMILES string of the molecule is CCc1cc(Oc2nnc(CN)s2)ccc1Cl. The van der Waals surface area contributed by atoms with Crippen LogP contribution < -0.4 is 10.5 Å². The van der Waals surface area contributed by atoms with Crippen molar-refractivity contribution in [1.29, 1.82) is 0 Å². The van der Waals surface area contributed by atoms with E-state index in [0.29, 0.717) is 17.5 Å². The molecule has 0 amide bonds. The van der Waals surface area contributed by atoms with Crippen LogP contribution in [-0.2, 0) is 13.0 Å². The summed E-state index contributed by atoms with van der Waals surface area (Å²) in [6, 6.07) is 5.54. The van der Waals surface area contributed by atoms with Gasteiger partial charge in [0, 0.05) is 11.6 Å². The molecule has 0 bridgehead atoms. The Morgan fingerprint density at radius 2 is 2.24 bits per heavy atom. The number of rotatable bonds is 4. The fourth-order valence-corrected chi connectivity index (χ4v) is 2.19. The molecule has 0 unspecified atom stereocenters. The minimum atomic E-state index is 0.377. The summed E-state index contributed by atoms with van der Waals surface area (Å²) >= 11 is 7.37. The van der Waals surface area contributed by atoms with Crippen molar-refractivity contribution in [3.8, 4) is 10.9 Å². The second-order valence-corrected chi connectivity index (χ2v) is 4.81. The molecule has 6 heteroatoms. The maximum absolute atomic E-state index is 6.03. The second-order valence-electron chi connectivity index (χ2n) is 3.37. The smallest absolute Gasteiger partial charge is 0.299 e. The monoisotopic (exact) mass is 269 g/mol. The number of hydrogen-bond donors (Lipinski definition) is 1. The van der Waals surface area contributed by atoms with Crippen molar-refractivity contribution < 1.29 is 4.74 Å². The number of halogens is 1. The number of aromatic nitrogens is 2. The van der Waals surface area contributed by atoms with Crippen LogP contribution in [0.3, 0.4) is 0 Å². The average molecular weight is 270 g/mol. The molecule has 0 aliphatic carbocycles. The summed E-state index contributed by atoms with van der Waals surface area (Å²) in [5.41, 5.74) is 6.51. The molecule has 1 aromatic heterocycles. The van der Waals surface area contributed by atoms with Gasteiger partial charge >= 0.3 is 0 Å². The van der Waals surface area contributed by atoms with Gasteiger partial charge in [0.1, 0.15) is 10.8 Å². The Hall–Kier alpha value is -1.17. The minimum Gasteiger partial charge on any atom is -0.430 e. The summed E-state index contributed by atoms with van der Waals surface area (Å²) in [6.07, 6.45) is 0.861. The highest BCUT2D eigenvalue weighted by Gasteiger charge is 2.06. The van der Waals surface area contributed by atoms with E-state index in [-0.39, 0.29) is 0 Å². The standard InChI is InChI=1S/C11H12ClN3OS/c1-2-7-5-8(3-4-9(7)12)16-11-15-14-10(6-13)17-11/h3-5H,2,6,13H2,1H3. The molecule has 0 spiro atoms. The number of nitrogens with two attached hydrogens (primary N) is 1. The molecule has 17 heavy (non-hydrogen) atoms. The molecule has 1 heterocycles. The zero-order valence-corrected chi connectivity index (χ0v) is 10.9. The Kier molecular flexibility index (Phi) is 3.93. The Morgan fingerprint density at radius 3 is 2.88 bits per heavy atom. The summed E-state index contributed by atoms with van der Waals surface area (Å²) < 4.78 is 5.59. The molecule has 2 N–H and O–H groups in total. The van der Waals surface area contributed by atoms with Crippen LogP contribution in [0.15, 0.2) is 18.2 Å². The van der Waals surface area contributed by atoms with Crippen molar-refractivity contribution in [2.75, 3.05) is 0 Å². The highest BCUT2D eigenvalue weighted by Crippen LogP contribution is 2.28. The lowest BCUT2D eigenvalue weighted by atomic mass is 10.2. The zero-order chi connectivity index (χ0) is 12.3. The van der Waals surface area contributed by atoms with Crippen molar-refractivity contribution in [3.63, 3.8) is 0 Å². The van der Waals surface area contributed by atoms with Crippen LogP contribution in [0, 0.1) is 0 Å². The van der Waals surface area contributed by atoms with Crippen molar-refractivity contribution in [1.82, 2.24) is 10.2 Å². The molecule has 4 nitrogen and oxygen atoms in total. The van der Waals surface area contributed by atoms with E-state index in [2.05, 4.69) is 10.2 Å². The van der Waals surface area contributed by atoms with Gasteiger partial charge in [-0.25, -0.2) is 0 Å². The van der Waals surface area contributed by atoms with Crippen LogP contribution in [0.4, 0.5) is 0 Å². The van der Waals surface area contributed by atoms with E-state index in [0.717, 1.165) is 22.0 Å². The molecule has 0 saturated carbocycles. The minimum absolute atomic E-state index is 0.377. The Balaban J connectivity index is 2.18. The van der Waals surface area contributed by atoms with Crippen LogP contribution in [-0.4, -0.2) is 10.2 Å². The highest BCUT2D eigenvalue weighted by atomic mass is 35.5. The summed E-state index contributed by atoms with van der Waals surface area (Å²) in [7, 11) is 0. The molecular weight excluding hydrogens is 258 g/mol. The molecule has 0 saturated heterocycles. The van der Waals surface area contributed by atoms with Crippen molar-refractivity contribution >= 4 is 22.9 Å². The van der Waals surface area contributed by atoms with Gasteiger partial charge in [0.25, 0.3) is 5.19 Å². The Bertz CT molecular complexity index is 515. The van der Waals surface area contributed by atoms with Crippen molar-refractivity contribution in [2.24, 2.45) is 5.73 Å². The third-order valence-electron chi connectivity index (χ3n) is 2.23. The summed E-state index contributed by atoms with van der Waals surface area (Å²) in [4.78, 5) is 0. The van der Waals surface area contributed by atoms with Crippen LogP contribution >= 0.6 is 22.9 Å². The molecule has 1 aromatic carbocycles. The molecule has 0 aliphatic heterocycles. The van der Waals surface area contributed by atoms with Gasteiger partial charge in [0.15, 0.2) is 0 Å². The van der Waals surface area contributed by atoms with Crippen molar-refractivity contribution in [2.45, 2.75) is 19.9 Å². The average Bonchev–Trinajstić information content (AvgIpc) is 2.79.